The van der Waals surface area contributed by atoms with Crippen LogP contribution in [0.3, 0.4) is 0 Å². The van der Waals surface area contributed by atoms with E-state index in [4.69, 9.17) is 14.2 Å². The van der Waals surface area contributed by atoms with E-state index in [1.54, 1.807) is 50.6 Å². The summed E-state index contributed by atoms with van der Waals surface area (Å²) in [7, 11) is 3.80. The molecule has 0 saturated carbocycles. The molecule has 0 spiro atoms. The number of carbonyl (C=O) groups is 1. The standard InChI is InChI=1S/C19H22O5Si/c1-22-19(23-2)25-12-6-11-24-15-9-10-16(17(20)13-15)18(21)14-7-4-3-5-8-14/h3-5,7-10,13,19-20H,6,11-12H2,1-2H3. The van der Waals surface area contributed by atoms with Crippen LogP contribution < -0.4 is 4.74 Å². The first-order valence-electron chi connectivity index (χ1n) is 8.00. The highest BCUT2D eigenvalue weighted by Crippen LogP contribution is 2.26. The second-order valence-electron chi connectivity index (χ2n) is 5.33. The average Bonchev–Trinajstić information content (AvgIpc) is 2.65. The van der Waals surface area contributed by atoms with E-state index in [2.05, 4.69) is 0 Å². The smallest absolute Gasteiger partial charge is 0.196 e. The van der Waals surface area contributed by atoms with Gasteiger partial charge in [-0.2, -0.15) is 0 Å². The minimum Gasteiger partial charge on any atom is -0.507 e. The molecule has 5 nitrogen and oxygen atoms in total. The summed E-state index contributed by atoms with van der Waals surface area (Å²) in [5.41, 5.74) is 0.807. The Bertz CT molecular complexity index is 671. The number of ether oxygens (including phenoxy) is 3. The molecule has 2 aromatic carbocycles. The predicted octanol–water partition coefficient (Wildman–Crippen LogP) is 3.09. The zero-order chi connectivity index (χ0) is 18.1. The summed E-state index contributed by atoms with van der Waals surface area (Å²) in [5.74, 6) is 0.0934. The van der Waals surface area contributed by atoms with Gasteiger partial charge in [0.05, 0.1) is 12.2 Å². The number of methoxy groups -OCH3 is 2. The topological polar surface area (TPSA) is 65.0 Å². The largest absolute Gasteiger partial charge is 0.507 e. The van der Waals surface area contributed by atoms with Crippen LogP contribution in [0.2, 0.25) is 6.04 Å². The van der Waals surface area contributed by atoms with Crippen LogP contribution >= 0.6 is 0 Å². The van der Waals surface area contributed by atoms with Gasteiger partial charge in [0.15, 0.2) is 5.78 Å². The van der Waals surface area contributed by atoms with Crippen LogP contribution in [0.15, 0.2) is 48.5 Å². The van der Waals surface area contributed by atoms with E-state index in [-0.39, 0.29) is 23.0 Å². The molecule has 0 aliphatic heterocycles. The van der Waals surface area contributed by atoms with Gasteiger partial charge in [-0.15, -0.1) is 0 Å². The van der Waals surface area contributed by atoms with Crippen molar-refractivity contribution in [2.45, 2.75) is 18.4 Å². The first kappa shape index (κ1) is 19.2. The summed E-state index contributed by atoms with van der Waals surface area (Å²) in [6, 6.07) is 14.6. The maximum atomic E-state index is 12.4. The number of ketones is 1. The van der Waals surface area contributed by atoms with E-state index in [9.17, 15) is 9.90 Å². The fourth-order valence-corrected chi connectivity index (χ4v) is 3.20. The molecule has 0 saturated heterocycles. The van der Waals surface area contributed by atoms with Crippen molar-refractivity contribution in [3.63, 3.8) is 0 Å². The fraction of sp³-hybridized carbons (Fsp3) is 0.316. The first-order valence-corrected chi connectivity index (χ1v) is 9.28. The first-order chi connectivity index (χ1) is 12.2. The van der Waals surface area contributed by atoms with Crippen LogP contribution in [-0.4, -0.2) is 47.1 Å². The Hall–Kier alpha value is -2.15. The van der Waals surface area contributed by atoms with Gasteiger partial charge >= 0.3 is 0 Å². The fourth-order valence-electron chi connectivity index (χ4n) is 2.28. The SMILES string of the molecule is COC(OC)[Si]CCCOc1ccc(C(=O)c2ccccc2)c(O)c1. The Morgan fingerprint density at radius 3 is 2.48 bits per heavy atom. The molecule has 2 radical (unpaired) electrons. The molecule has 0 heterocycles. The molecule has 0 amide bonds. The van der Waals surface area contributed by atoms with Crippen LogP contribution in [0.25, 0.3) is 0 Å². The van der Waals surface area contributed by atoms with Gasteiger partial charge < -0.3 is 19.3 Å². The quantitative estimate of drug-likeness (QED) is 0.306. The maximum Gasteiger partial charge on any atom is 0.196 e. The number of carbonyl (C=O) groups excluding carboxylic acids is 1. The third-order valence-corrected chi connectivity index (χ3v) is 5.03. The molecule has 2 aromatic rings. The lowest BCUT2D eigenvalue weighted by Gasteiger charge is -2.12. The second-order valence-corrected chi connectivity index (χ2v) is 6.71. The van der Waals surface area contributed by atoms with Gasteiger partial charge in [0.25, 0.3) is 0 Å². The number of aromatic hydroxyl groups is 1. The van der Waals surface area contributed by atoms with Gasteiger partial charge in [-0.25, -0.2) is 0 Å². The lowest BCUT2D eigenvalue weighted by molar-refractivity contribution is -0.0441. The van der Waals surface area contributed by atoms with Crippen molar-refractivity contribution in [3.05, 3.63) is 59.7 Å². The number of benzene rings is 2. The number of hydrogen-bond donors (Lipinski definition) is 1. The molecule has 0 aromatic heterocycles. The third-order valence-electron chi connectivity index (χ3n) is 3.58. The maximum absolute atomic E-state index is 12.4. The Morgan fingerprint density at radius 1 is 1.12 bits per heavy atom. The van der Waals surface area contributed by atoms with E-state index in [1.165, 1.54) is 6.07 Å². The highest BCUT2D eigenvalue weighted by atomic mass is 28.2. The van der Waals surface area contributed by atoms with Crippen molar-refractivity contribution >= 4 is 15.3 Å². The summed E-state index contributed by atoms with van der Waals surface area (Å²) in [6.45, 7) is 0.526. The van der Waals surface area contributed by atoms with Crippen LogP contribution in [0, 0.1) is 0 Å². The van der Waals surface area contributed by atoms with Crippen LogP contribution in [0.5, 0.6) is 11.5 Å². The Balaban J connectivity index is 1.86. The lowest BCUT2D eigenvalue weighted by Crippen LogP contribution is -2.21. The molecule has 132 valence electrons. The number of hydrogen-bond acceptors (Lipinski definition) is 5. The summed E-state index contributed by atoms with van der Waals surface area (Å²) >= 11 is 0. The lowest BCUT2D eigenvalue weighted by atomic mass is 10.0. The number of phenolic OH excluding ortho intramolecular Hbond substituents is 1. The highest BCUT2D eigenvalue weighted by molar-refractivity contribution is 6.36. The number of phenols is 1. The molecule has 0 unspecified atom stereocenters. The average molecular weight is 358 g/mol. The van der Waals surface area contributed by atoms with Gasteiger partial charge in [-0.3, -0.25) is 4.79 Å². The molecule has 0 atom stereocenters. The van der Waals surface area contributed by atoms with E-state index in [0.717, 1.165) is 12.5 Å². The molecule has 2 rings (SSSR count). The Labute approximate surface area is 150 Å². The van der Waals surface area contributed by atoms with E-state index >= 15 is 0 Å². The summed E-state index contributed by atoms with van der Waals surface area (Å²) in [5, 5.41) is 10.1. The summed E-state index contributed by atoms with van der Waals surface area (Å²) in [4.78, 5) is 12.4. The van der Waals surface area contributed by atoms with Crippen molar-refractivity contribution < 1.29 is 24.1 Å². The zero-order valence-electron chi connectivity index (χ0n) is 14.4. The Morgan fingerprint density at radius 2 is 1.84 bits per heavy atom. The molecule has 6 heteroatoms. The zero-order valence-corrected chi connectivity index (χ0v) is 15.4. The predicted molar refractivity (Wildman–Crippen MR) is 96.5 cm³/mol. The van der Waals surface area contributed by atoms with E-state index in [0.29, 0.717) is 27.4 Å². The molecular weight excluding hydrogens is 336 g/mol. The van der Waals surface area contributed by atoms with Gasteiger partial charge in [-0.05, 0) is 18.6 Å². The van der Waals surface area contributed by atoms with Crippen molar-refractivity contribution in [1.29, 1.82) is 0 Å². The van der Waals surface area contributed by atoms with E-state index in [1.807, 2.05) is 6.07 Å². The minimum absolute atomic E-state index is 0.0768. The van der Waals surface area contributed by atoms with Gasteiger partial charge in [-0.1, -0.05) is 36.4 Å². The molecular formula is C19H22O5Si. The van der Waals surface area contributed by atoms with Crippen molar-refractivity contribution in [1.82, 2.24) is 0 Å². The molecule has 0 fully saturated rings. The number of rotatable bonds is 10. The third kappa shape index (κ3) is 5.70. The molecule has 0 aliphatic rings. The van der Waals surface area contributed by atoms with Crippen LogP contribution in [0.1, 0.15) is 22.3 Å². The summed E-state index contributed by atoms with van der Waals surface area (Å²) < 4.78 is 15.9. The van der Waals surface area contributed by atoms with Crippen LogP contribution in [0.4, 0.5) is 0 Å². The second kappa shape index (κ2) is 9.98. The normalized spacial score (nSPS) is 10.8. The van der Waals surface area contributed by atoms with E-state index < -0.39 is 0 Å². The Kier molecular flexibility index (Phi) is 7.65. The molecule has 1 N–H and O–H groups in total. The van der Waals surface area contributed by atoms with Gasteiger partial charge in [0.1, 0.15) is 26.9 Å². The van der Waals surface area contributed by atoms with Gasteiger partial charge in [0, 0.05) is 25.8 Å². The summed E-state index contributed by atoms with van der Waals surface area (Å²) in [6.07, 6.45) is 0.854. The molecule has 25 heavy (non-hydrogen) atoms. The van der Waals surface area contributed by atoms with Crippen molar-refractivity contribution in [3.8, 4) is 11.5 Å². The minimum atomic E-state index is -0.212. The molecule has 0 aliphatic carbocycles. The van der Waals surface area contributed by atoms with Crippen molar-refractivity contribution in [2.24, 2.45) is 0 Å². The monoisotopic (exact) mass is 358 g/mol. The van der Waals surface area contributed by atoms with Crippen molar-refractivity contribution in [2.75, 3.05) is 20.8 Å². The highest BCUT2D eigenvalue weighted by Gasteiger charge is 2.14. The van der Waals surface area contributed by atoms with Gasteiger partial charge in [0.2, 0.25) is 0 Å². The van der Waals surface area contributed by atoms with Crippen LogP contribution in [-0.2, 0) is 9.47 Å². The molecule has 0 bridgehead atoms.